The summed E-state index contributed by atoms with van der Waals surface area (Å²) in [4.78, 5) is 12.4. The summed E-state index contributed by atoms with van der Waals surface area (Å²) in [6.07, 6.45) is 4.81. The van der Waals surface area contributed by atoms with E-state index in [0.29, 0.717) is 6.54 Å². The van der Waals surface area contributed by atoms with Gasteiger partial charge in [0.1, 0.15) is 0 Å². The summed E-state index contributed by atoms with van der Waals surface area (Å²) in [5.74, 6) is 1.62. The first-order valence-electron chi connectivity index (χ1n) is 3.06. The number of terminal acetylenes is 1. The Morgan fingerprint density at radius 1 is 1.70 bits per heavy atom. The topological polar surface area (TPSA) is 32.3 Å². The van der Waals surface area contributed by atoms with Crippen LogP contribution in [0.4, 0.5) is 0 Å². The van der Waals surface area contributed by atoms with Crippen molar-refractivity contribution in [2.45, 2.75) is 0 Å². The summed E-state index contributed by atoms with van der Waals surface area (Å²) >= 11 is 0. The molecule has 0 heterocycles. The lowest BCUT2D eigenvalue weighted by Crippen LogP contribution is -2.30. The molecule has 0 bridgehead atoms. The molecule has 0 spiro atoms. The first kappa shape index (κ1) is 8.99. The zero-order valence-corrected chi connectivity index (χ0v) is 6.35. The molecular weight excluding hydrogens is 128 g/mol. The molecule has 0 aliphatic heterocycles. The van der Waals surface area contributed by atoms with Crippen molar-refractivity contribution in [3.8, 4) is 12.3 Å². The molecule has 0 rings (SSSR count). The second-order valence-electron chi connectivity index (χ2n) is 2.20. The minimum Gasteiger partial charge on any atom is -0.344 e. The Morgan fingerprint density at radius 3 is 2.70 bits per heavy atom. The van der Waals surface area contributed by atoms with Crippen LogP contribution in [0.25, 0.3) is 0 Å². The van der Waals surface area contributed by atoms with Gasteiger partial charge < -0.3 is 10.2 Å². The third-order valence-corrected chi connectivity index (χ3v) is 0.976. The molecule has 1 amide bonds. The Morgan fingerprint density at radius 2 is 2.30 bits per heavy atom. The van der Waals surface area contributed by atoms with Gasteiger partial charge in [0, 0.05) is 13.1 Å². The van der Waals surface area contributed by atoms with Gasteiger partial charge >= 0.3 is 0 Å². The third-order valence-electron chi connectivity index (χ3n) is 0.976. The highest BCUT2D eigenvalue weighted by Gasteiger charge is 1.92. The Labute approximate surface area is 61.4 Å². The Hall–Kier alpha value is -1.01. The normalized spacial score (nSPS) is 9.00. The monoisotopic (exact) mass is 140 g/mol. The van der Waals surface area contributed by atoms with Crippen LogP contribution in [0.5, 0.6) is 0 Å². The lowest BCUT2D eigenvalue weighted by molar-refractivity contribution is -0.115. The molecule has 10 heavy (non-hydrogen) atoms. The molecule has 0 radical (unpaired) electrons. The van der Waals surface area contributed by atoms with Crippen molar-refractivity contribution in [3.05, 3.63) is 0 Å². The molecule has 0 atom stereocenters. The van der Waals surface area contributed by atoms with Crippen LogP contribution in [0.3, 0.4) is 0 Å². The van der Waals surface area contributed by atoms with E-state index in [2.05, 4.69) is 5.32 Å². The van der Waals surface area contributed by atoms with Gasteiger partial charge in [-0.15, -0.1) is 6.42 Å². The Kier molecular flexibility index (Phi) is 4.34. The lowest BCUT2D eigenvalue weighted by Gasteiger charge is -2.07. The molecule has 56 valence electrons. The molecule has 0 aromatic rings. The van der Waals surface area contributed by atoms with Gasteiger partial charge in [-0.3, -0.25) is 4.79 Å². The van der Waals surface area contributed by atoms with E-state index in [-0.39, 0.29) is 5.91 Å². The van der Waals surface area contributed by atoms with Crippen molar-refractivity contribution in [1.29, 1.82) is 0 Å². The van der Waals surface area contributed by atoms with E-state index in [1.54, 1.807) is 0 Å². The summed E-state index contributed by atoms with van der Waals surface area (Å²) in [7, 11) is 3.87. The van der Waals surface area contributed by atoms with Gasteiger partial charge in [0.2, 0.25) is 0 Å². The van der Waals surface area contributed by atoms with Gasteiger partial charge in [-0.1, -0.05) is 0 Å². The summed E-state index contributed by atoms with van der Waals surface area (Å²) in [5, 5.41) is 2.55. The van der Waals surface area contributed by atoms with Crippen molar-refractivity contribution in [1.82, 2.24) is 10.2 Å². The fraction of sp³-hybridized carbons (Fsp3) is 0.571. The minimum absolute atomic E-state index is 0.346. The van der Waals surface area contributed by atoms with E-state index < -0.39 is 0 Å². The van der Waals surface area contributed by atoms with Gasteiger partial charge in [0.25, 0.3) is 5.91 Å². The van der Waals surface area contributed by atoms with Gasteiger partial charge in [0.05, 0.1) is 0 Å². The molecule has 0 aromatic carbocycles. The molecule has 0 fully saturated rings. The summed E-state index contributed by atoms with van der Waals surface area (Å²) in [5.41, 5.74) is 0. The van der Waals surface area contributed by atoms with Crippen LogP contribution >= 0.6 is 0 Å². The van der Waals surface area contributed by atoms with Gasteiger partial charge in [-0.05, 0) is 20.0 Å². The number of nitrogens with one attached hydrogen (secondary N) is 1. The van der Waals surface area contributed by atoms with Crippen molar-refractivity contribution >= 4 is 5.91 Å². The average Bonchev–Trinajstić information content (AvgIpc) is 1.87. The maximum absolute atomic E-state index is 10.4. The number of carbonyl (C=O) groups is 1. The number of nitrogens with zero attached hydrogens (tertiary/aromatic N) is 1. The van der Waals surface area contributed by atoms with Gasteiger partial charge in [-0.2, -0.15) is 0 Å². The quantitative estimate of drug-likeness (QED) is 0.526. The molecule has 0 saturated carbocycles. The first-order chi connectivity index (χ1) is 4.66. The SMILES string of the molecule is C#CC(=O)NCCN(C)C. The van der Waals surface area contributed by atoms with Crippen molar-refractivity contribution < 1.29 is 4.79 Å². The number of rotatable bonds is 3. The fourth-order valence-electron chi connectivity index (χ4n) is 0.444. The highest BCUT2D eigenvalue weighted by atomic mass is 16.1. The molecule has 0 aliphatic carbocycles. The maximum Gasteiger partial charge on any atom is 0.295 e. The predicted molar refractivity (Wildman–Crippen MR) is 40.4 cm³/mol. The largest absolute Gasteiger partial charge is 0.344 e. The van der Waals surface area contributed by atoms with Crippen molar-refractivity contribution in [2.75, 3.05) is 27.2 Å². The minimum atomic E-state index is -0.346. The van der Waals surface area contributed by atoms with Crippen LogP contribution < -0.4 is 5.32 Å². The van der Waals surface area contributed by atoms with Crippen LogP contribution in [-0.4, -0.2) is 38.0 Å². The fourth-order valence-corrected chi connectivity index (χ4v) is 0.444. The molecule has 0 unspecified atom stereocenters. The average molecular weight is 140 g/mol. The van der Waals surface area contributed by atoms with Crippen LogP contribution in [0.2, 0.25) is 0 Å². The molecule has 3 heteroatoms. The van der Waals surface area contributed by atoms with Crippen molar-refractivity contribution in [3.63, 3.8) is 0 Å². The van der Waals surface area contributed by atoms with Crippen LogP contribution in [-0.2, 0) is 4.79 Å². The summed E-state index contributed by atoms with van der Waals surface area (Å²) < 4.78 is 0. The standard InChI is InChI=1S/C7H12N2O/c1-4-7(10)8-5-6-9(2)3/h1H,5-6H2,2-3H3,(H,8,10). The molecule has 0 aromatic heterocycles. The van der Waals surface area contributed by atoms with E-state index in [9.17, 15) is 4.79 Å². The smallest absolute Gasteiger partial charge is 0.295 e. The second-order valence-corrected chi connectivity index (χ2v) is 2.20. The maximum atomic E-state index is 10.4. The summed E-state index contributed by atoms with van der Waals surface area (Å²) in [6.45, 7) is 1.42. The van der Waals surface area contributed by atoms with E-state index in [1.165, 1.54) is 0 Å². The van der Waals surface area contributed by atoms with E-state index >= 15 is 0 Å². The Balaban J connectivity index is 3.22. The Bertz CT molecular complexity index is 146. The predicted octanol–water partition coefficient (Wildman–Crippen LogP) is -0.703. The molecule has 3 nitrogen and oxygen atoms in total. The molecule has 0 aliphatic rings. The highest BCUT2D eigenvalue weighted by molar-refractivity contribution is 5.92. The number of hydrogen-bond acceptors (Lipinski definition) is 2. The van der Waals surface area contributed by atoms with Gasteiger partial charge in [0.15, 0.2) is 0 Å². The van der Waals surface area contributed by atoms with E-state index in [1.807, 2.05) is 24.9 Å². The molecule has 1 N–H and O–H groups in total. The number of carbonyl (C=O) groups excluding carboxylic acids is 1. The summed E-state index contributed by atoms with van der Waals surface area (Å²) in [6, 6.07) is 0. The van der Waals surface area contributed by atoms with Crippen LogP contribution in [0, 0.1) is 12.3 Å². The number of amides is 1. The van der Waals surface area contributed by atoms with E-state index in [4.69, 9.17) is 6.42 Å². The van der Waals surface area contributed by atoms with E-state index in [0.717, 1.165) is 6.54 Å². The lowest BCUT2D eigenvalue weighted by atomic mass is 10.5. The van der Waals surface area contributed by atoms with Crippen molar-refractivity contribution in [2.24, 2.45) is 0 Å². The number of likely N-dealkylation sites (N-methyl/N-ethyl adjacent to an activating group) is 1. The van der Waals surface area contributed by atoms with Crippen LogP contribution in [0.1, 0.15) is 0 Å². The van der Waals surface area contributed by atoms with Gasteiger partial charge in [-0.25, -0.2) is 0 Å². The molecular formula is C7H12N2O. The third kappa shape index (κ3) is 5.13. The second kappa shape index (κ2) is 4.83. The number of hydrogen-bond donors (Lipinski definition) is 1. The van der Waals surface area contributed by atoms with Crippen LogP contribution in [0.15, 0.2) is 0 Å². The molecule has 0 saturated heterocycles. The highest BCUT2D eigenvalue weighted by Crippen LogP contribution is 1.69. The zero-order chi connectivity index (χ0) is 7.98. The zero-order valence-electron chi connectivity index (χ0n) is 6.35. The first-order valence-corrected chi connectivity index (χ1v) is 3.06.